The molecule has 2 aliphatic rings. The highest BCUT2D eigenvalue weighted by Crippen LogP contribution is 2.36. The highest BCUT2D eigenvalue weighted by atomic mass is 79.9. The van der Waals surface area contributed by atoms with E-state index in [1.54, 1.807) is 0 Å². The summed E-state index contributed by atoms with van der Waals surface area (Å²) in [6, 6.07) is 10.1. The van der Waals surface area contributed by atoms with Crippen LogP contribution < -0.4 is 4.74 Å². The first kappa shape index (κ1) is 13.7. The highest BCUT2D eigenvalue weighted by molar-refractivity contribution is 9.11. The number of para-hydroxylation sites is 1. The zero-order chi connectivity index (χ0) is 13.8. The van der Waals surface area contributed by atoms with Crippen LogP contribution in [-0.2, 0) is 0 Å². The molecule has 1 aromatic rings. The lowest BCUT2D eigenvalue weighted by Crippen LogP contribution is -2.36. The van der Waals surface area contributed by atoms with Crippen molar-refractivity contribution in [3.05, 3.63) is 52.7 Å². The van der Waals surface area contributed by atoms with Gasteiger partial charge in [0, 0.05) is 18.2 Å². The number of hydrogen-bond donors (Lipinski definition) is 0. The van der Waals surface area contributed by atoms with Crippen LogP contribution in [0, 0.1) is 5.92 Å². The van der Waals surface area contributed by atoms with Gasteiger partial charge in [-0.3, -0.25) is 0 Å². The molecule has 1 aliphatic heterocycles. The first-order valence-electron chi connectivity index (χ1n) is 7.32. The van der Waals surface area contributed by atoms with Crippen LogP contribution in [0.15, 0.2) is 52.7 Å². The van der Waals surface area contributed by atoms with Crippen molar-refractivity contribution in [2.75, 3.05) is 19.7 Å². The average molecular weight is 334 g/mol. The number of hydrogen-bond acceptors (Lipinski definition) is 2. The van der Waals surface area contributed by atoms with Gasteiger partial charge in [-0.05, 0) is 42.0 Å². The molecule has 1 aromatic carbocycles. The number of piperidine rings is 1. The summed E-state index contributed by atoms with van der Waals surface area (Å²) < 4.78 is 7.14. The maximum absolute atomic E-state index is 5.82. The van der Waals surface area contributed by atoms with Crippen LogP contribution in [0.1, 0.15) is 19.3 Å². The molecule has 0 N–H and O–H groups in total. The number of allylic oxidation sites excluding steroid dienone is 4. The molecule has 1 fully saturated rings. The van der Waals surface area contributed by atoms with Gasteiger partial charge >= 0.3 is 0 Å². The van der Waals surface area contributed by atoms with Gasteiger partial charge in [0.25, 0.3) is 0 Å². The molecule has 1 saturated heterocycles. The Morgan fingerprint density at radius 3 is 2.90 bits per heavy atom. The molecule has 3 rings (SSSR count). The summed E-state index contributed by atoms with van der Waals surface area (Å²) in [4.78, 5) is 2.49. The van der Waals surface area contributed by atoms with Crippen LogP contribution >= 0.6 is 15.9 Å². The predicted molar refractivity (Wildman–Crippen MR) is 85.9 cm³/mol. The molecule has 0 radical (unpaired) electrons. The number of fused-ring (bicyclic) bond motifs is 1. The fourth-order valence-corrected chi connectivity index (χ4v) is 3.55. The number of rotatable bonds is 4. The van der Waals surface area contributed by atoms with Crippen LogP contribution in [0.25, 0.3) is 0 Å². The largest absolute Gasteiger partial charge is 0.492 e. The van der Waals surface area contributed by atoms with Gasteiger partial charge in [0.15, 0.2) is 0 Å². The summed E-state index contributed by atoms with van der Waals surface area (Å²) in [6.07, 6.45) is 8.22. The molecule has 1 atom stereocenters. The zero-order valence-electron chi connectivity index (χ0n) is 11.6. The first-order valence-corrected chi connectivity index (χ1v) is 8.11. The molecule has 1 aliphatic carbocycles. The van der Waals surface area contributed by atoms with Crippen molar-refractivity contribution in [1.29, 1.82) is 0 Å². The molecular formula is C17H20BrNO. The van der Waals surface area contributed by atoms with Crippen LogP contribution in [0.3, 0.4) is 0 Å². The van der Waals surface area contributed by atoms with Crippen molar-refractivity contribution in [3.63, 3.8) is 0 Å². The van der Waals surface area contributed by atoms with Crippen LogP contribution in [0.5, 0.6) is 5.75 Å². The molecule has 20 heavy (non-hydrogen) atoms. The maximum atomic E-state index is 5.82. The lowest BCUT2D eigenvalue weighted by Gasteiger charge is -2.38. The van der Waals surface area contributed by atoms with Crippen molar-refractivity contribution < 1.29 is 4.74 Å². The number of ether oxygens (including phenoxy) is 1. The molecule has 0 bridgehead atoms. The minimum Gasteiger partial charge on any atom is -0.492 e. The van der Waals surface area contributed by atoms with Gasteiger partial charge in [0.2, 0.25) is 0 Å². The molecule has 0 spiro atoms. The van der Waals surface area contributed by atoms with Crippen molar-refractivity contribution >= 4 is 15.9 Å². The SMILES string of the molecule is BrC1=CC=C2C(CCCN2CCOc2ccccc2)C1. The lowest BCUT2D eigenvalue weighted by molar-refractivity contribution is 0.195. The van der Waals surface area contributed by atoms with E-state index in [0.29, 0.717) is 5.92 Å². The maximum Gasteiger partial charge on any atom is 0.119 e. The fraction of sp³-hybridized carbons (Fsp3) is 0.412. The summed E-state index contributed by atoms with van der Waals surface area (Å²) in [6.45, 7) is 2.88. The van der Waals surface area contributed by atoms with E-state index >= 15 is 0 Å². The quantitative estimate of drug-likeness (QED) is 0.812. The minimum atomic E-state index is 0.694. The average Bonchev–Trinajstić information content (AvgIpc) is 2.48. The topological polar surface area (TPSA) is 12.5 Å². The third-order valence-electron chi connectivity index (χ3n) is 4.01. The molecule has 106 valence electrons. The number of likely N-dealkylation sites (tertiary alicyclic amines) is 1. The van der Waals surface area contributed by atoms with E-state index in [9.17, 15) is 0 Å². The van der Waals surface area contributed by atoms with Gasteiger partial charge in [-0.15, -0.1) is 0 Å². The monoisotopic (exact) mass is 333 g/mol. The van der Waals surface area contributed by atoms with Crippen molar-refractivity contribution in [3.8, 4) is 5.75 Å². The van der Waals surface area contributed by atoms with Crippen LogP contribution in [0.2, 0.25) is 0 Å². The molecule has 2 nitrogen and oxygen atoms in total. The van der Waals surface area contributed by atoms with E-state index in [-0.39, 0.29) is 0 Å². The third kappa shape index (κ3) is 3.26. The Labute approximate surface area is 129 Å². The van der Waals surface area contributed by atoms with E-state index in [2.05, 4.69) is 33.0 Å². The van der Waals surface area contributed by atoms with Gasteiger partial charge in [-0.2, -0.15) is 0 Å². The van der Waals surface area contributed by atoms with Crippen LogP contribution in [-0.4, -0.2) is 24.6 Å². The number of halogens is 1. The number of nitrogens with zero attached hydrogens (tertiary/aromatic N) is 1. The number of benzene rings is 1. The lowest BCUT2D eigenvalue weighted by atomic mass is 9.88. The second-order valence-corrected chi connectivity index (χ2v) is 6.42. The van der Waals surface area contributed by atoms with Gasteiger partial charge in [-0.1, -0.05) is 40.2 Å². The molecule has 1 unspecified atom stereocenters. The van der Waals surface area contributed by atoms with Crippen LogP contribution in [0.4, 0.5) is 0 Å². The first-order chi connectivity index (χ1) is 9.83. The Balaban J connectivity index is 1.57. The van der Waals surface area contributed by atoms with E-state index in [1.807, 2.05) is 30.3 Å². The Morgan fingerprint density at radius 1 is 1.20 bits per heavy atom. The van der Waals surface area contributed by atoms with E-state index in [4.69, 9.17) is 4.74 Å². The Hall–Kier alpha value is -1.22. The van der Waals surface area contributed by atoms with E-state index in [1.165, 1.54) is 23.0 Å². The summed E-state index contributed by atoms with van der Waals surface area (Å²) in [5.41, 5.74) is 1.50. The van der Waals surface area contributed by atoms with Crippen molar-refractivity contribution in [1.82, 2.24) is 4.90 Å². The molecule has 1 heterocycles. The van der Waals surface area contributed by atoms with Gasteiger partial charge in [0.05, 0.1) is 6.54 Å². The van der Waals surface area contributed by atoms with Gasteiger partial charge < -0.3 is 9.64 Å². The van der Waals surface area contributed by atoms with E-state index < -0.39 is 0 Å². The molecule has 0 aromatic heterocycles. The second-order valence-electron chi connectivity index (χ2n) is 5.40. The van der Waals surface area contributed by atoms with Crippen molar-refractivity contribution in [2.24, 2.45) is 5.92 Å². The van der Waals surface area contributed by atoms with Gasteiger partial charge in [0.1, 0.15) is 12.4 Å². The highest BCUT2D eigenvalue weighted by Gasteiger charge is 2.26. The fourth-order valence-electron chi connectivity index (χ4n) is 3.02. The second kappa shape index (κ2) is 6.49. The third-order valence-corrected chi connectivity index (χ3v) is 4.60. The normalized spacial score (nSPS) is 21.9. The predicted octanol–water partition coefficient (Wildman–Crippen LogP) is 4.34. The summed E-state index contributed by atoms with van der Waals surface area (Å²) in [7, 11) is 0. The molecule has 0 amide bonds. The van der Waals surface area contributed by atoms with Gasteiger partial charge in [-0.25, -0.2) is 0 Å². The summed E-state index contributed by atoms with van der Waals surface area (Å²) >= 11 is 3.63. The summed E-state index contributed by atoms with van der Waals surface area (Å²) in [5.74, 6) is 1.65. The Kier molecular flexibility index (Phi) is 4.46. The minimum absolute atomic E-state index is 0.694. The van der Waals surface area contributed by atoms with Crippen molar-refractivity contribution in [2.45, 2.75) is 19.3 Å². The summed E-state index contributed by atoms with van der Waals surface area (Å²) in [5, 5.41) is 0. The standard InChI is InChI=1S/C17H20BrNO/c18-15-8-9-17-14(13-15)5-4-10-19(17)11-12-20-16-6-2-1-3-7-16/h1-3,6-9,14H,4-5,10-13H2. The molecular weight excluding hydrogens is 314 g/mol. The molecule has 3 heteroatoms. The Morgan fingerprint density at radius 2 is 2.05 bits per heavy atom. The van der Waals surface area contributed by atoms with E-state index in [0.717, 1.165) is 31.9 Å². The Bertz CT molecular complexity index is 509. The molecule has 0 saturated carbocycles. The smallest absolute Gasteiger partial charge is 0.119 e. The zero-order valence-corrected chi connectivity index (χ0v) is 13.2.